The van der Waals surface area contributed by atoms with Crippen LogP contribution in [0.1, 0.15) is 78.1 Å². The van der Waals surface area contributed by atoms with E-state index in [1.165, 1.54) is 25.7 Å². The zero-order valence-corrected chi connectivity index (χ0v) is 16.6. The van der Waals surface area contributed by atoms with Crippen LogP contribution in [-0.4, -0.2) is 49.9 Å². The fourth-order valence-electron chi connectivity index (χ4n) is 2.57. The van der Waals surface area contributed by atoms with E-state index in [2.05, 4.69) is 11.4 Å². The summed E-state index contributed by atoms with van der Waals surface area (Å²) in [6, 6.07) is 0. The van der Waals surface area contributed by atoms with Crippen LogP contribution < -0.4 is 0 Å². The van der Waals surface area contributed by atoms with Crippen LogP contribution in [0.3, 0.4) is 0 Å². The molecule has 0 aromatic rings. The highest BCUT2D eigenvalue weighted by molar-refractivity contribution is 7.46. The highest BCUT2D eigenvalue weighted by Gasteiger charge is 2.45. The molecule has 154 valence electrons. The van der Waals surface area contributed by atoms with Crippen molar-refractivity contribution in [2.45, 2.75) is 89.8 Å². The summed E-state index contributed by atoms with van der Waals surface area (Å²) in [7, 11) is -4.95. The molecule has 0 aliphatic heterocycles. The summed E-state index contributed by atoms with van der Waals surface area (Å²) in [5.41, 5.74) is -2.67. The van der Waals surface area contributed by atoms with Gasteiger partial charge < -0.3 is 20.0 Å². The zero-order valence-electron chi connectivity index (χ0n) is 15.7. The van der Waals surface area contributed by atoms with Gasteiger partial charge in [0.05, 0.1) is 6.61 Å². The maximum absolute atomic E-state index is 12.0. The average Bonchev–Trinajstić information content (AvgIpc) is 2.56. The summed E-state index contributed by atoms with van der Waals surface area (Å²) in [6.45, 7) is 1.92. The quantitative estimate of drug-likeness (QED) is 0.230. The summed E-state index contributed by atoms with van der Waals surface area (Å²) >= 11 is 0. The van der Waals surface area contributed by atoms with Crippen LogP contribution in [0, 0.1) is 0 Å². The molecule has 0 aromatic carbocycles. The van der Waals surface area contributed by atoms with E-state index in [9.17, 15) is 24.4 Å². The minimum absolute atomic E-state index is 0.0253. The number of aliphatic hydroxyl groups is 2. The van der Waals surface area contributed by atoms with E-state index in [1.807, 2.05) is 0 Å². The Bertz CT molecular complexity index is 475. The van der Waals surface area contributed by atoms with Crippen LogP contribution in [0.15, 0.2) is 0 Å². The van der Waals surface area contributed by atoms with Crippen LogP contribution in [0.2, 0.25) is 0 Å². The largest absolute Gasteiger partial charge is 0.469 e. The zero-order chi connectivity index (χ0) is 20.2. The van der Waals surface area contributed by atoms with Crippen molar-refractivity contribution >= 4 is 19.4 Å². The molecule has 2 unspecified atom stereocenters. The Kier molecular flexibility index (Phi) is 12.4. The number of hydrogen-bond donors (Lipinski definition) is 4. The molecule has 0 aliphatic rings. The number of carbonyl (C=O) groups excluding carboxylic acids is 2. The fourth-order valence-corrected chi connectivity index (χ4v) is 2.93. The average molecular weight is 396 g/mol. The summed E-state index contributed by atoms with van der Waals surface area (Å²) in [5.74, 6) is -1.75. The Balaban J connectivity index is 4.24. The van der Waals surface area contributed by atoms with E-state index in [4.69, 9.17) is 9.79 Å². The Morgan fingerprint density at radius 1 is 1.00 bits per heavy atom. The standard InChI is InChI=1S/C17H33O8P/c1-3-4-5-6-7-8-9-10-11-12-15(19)16(20)17(21,14(2)18)13-25-26(22,23)24/h16,20-21H,3-13H2,1-2H3,(H2,22,23,24). The van der Waals surface area contributed by atoms with E-state index in [1.54, 1.807) is 0 Å². The Morgan fingerprint density at radius 2 is 1.46 bits per heavy atom. The first kappa shape index (κ1) is 25.4. The monoisotopic (exact) mass is 396 g/mol. The first-order valence-electron chi connectivity index (χ1n) is 9.19. The number of Topliss-reactive ketones (excluding diaryl/α,β-unsaturated/α-hetero) is 2. The second kappa shape index (κ2) is 12.7. The van der Waals surface area contributed by atoms with Gasteiger partial charge >= 0.3 is 7.82 Å². The van der Waals surface area contributed by atoms with Gasteiger partial charge in [0.15, 0.2) is 23.3 Å². The Morgan fingerprint density at radius 3 is 1.88 bits per heavy atom. The summed E-state index contributed by atoms with van der Waals surface area (Å²) in [4.78, 5) is 40.9. The number of unbranched alkanes of at least 4 members (excludes halogenated alkanes) is 8. The summed E-state index contributed by atoms with van der Waals surface area (Å²) in [5, 5.41) is 20.1. The van der Waals surface area contributed by atoms with Gasteiger partial charge in [-0.3, -0.25) is 14.1 Å². The fraction of sp³-hybridized carbons (Fsp3) is 0.882. The predicted molar refractivity (Wildman–Crippen MR) is 96.5 cm³/mol. The van der Waals surface area contributed by atoms with Gasteiger partial charge in [-0.05, 0) is 13.3 Å². The number of ketones is 2. The maximum atomic E-state index is 12.0. The molecule has 26 heavy (non-hydrogen) atoms. The highest BCUT2D eigenvalue weighted by Crippen LogP contribution is 2.37. The third-order valence-electron chi connectivity index (χ3n) is 4.35. The summed E-state index contributed by atoms with van der Waals surface area (Å²) < 4.78 is 14.8. The van der Waals surface area contributed by atoms with E-state index < -0.39 is 37.7 Å². The number of carbonyl (C=O) groups is 2. The SMILES string of the molecule is CCCCCCCCCCCC(=O)C(O)C(O)(COP(=O)(O)O)C(C)=O. The van der Waals surface area contributed by atoms with Gasteiger partial charge in [-0.25, -0.2) is 4.57 Å². The Labute approximate surface area is 155 Å². The minimum atomic E-state index is -4.95. The van der Waals surface area contributed by atoms with Gasteiger partial charge in [0.25, 0.3) is 0 Å². The van der Waals surface area contributed by atoms with Gasteiger partial charge in [-0.2, -0.15) is 0 Å². The molecule has 0 fully saturated rings. The first-order chi connectivity index (χ1) is 12.0. The molecule has 0 radical (unpaired) electrons. The third-order valence-corrected chi connectivity index (χ3v) is 4.81. The molecule has 9 heteroatoms. The van der Waals surface area contributed by atoms with Crippen LogP contribution in [0.4, 0.5) is 0 Å². The second-order valence-electron chi connectivity index (χ2n) is 6.69. The van der Waals surface area contributed by atoms with Crippen molar-refractivity contribution in [3.63, 3.8) is 0 Å². The molecule has 2 atom stereocenters. The van der Waals surface area contributed by atoms with Crippen molar-refractivity contribution < 1.29 is 38.7 Å². The second-order valence-corrected chi connectivity index (χ2v) is 7.93. The molecule has 0 aromatic heterocycles. The third kappa shape index (κ3) is 10.5. The molecule has 0 amide bonds. The normalized spacial score (nSPS) is 15.5. The van der Waals surface area contributed by atoms with Gasteiger partial charge in [0.2, 0.25) is 0 Å². The minimum Gasteiger partial charge on any atom is -0.382 e. The van der Waals surface area contributed by atoms with E-state index in [0.717, 1.165) is 32.6 Å². The predicted octanol–water partition coefficient (Wildman–Crippen LogP) is 2.27. The highest BCUT2D eigenvalue weighted by atomic mass is 31.2. The molecule has 0 heterocycles. The number of rotatable bonds is 16. The maximum Gasteiger partial charge on any atom is 0.469 e. The van der Waals surface area contributed by atoms with Crippen LogP contribution in [-0.2, 0) is 18.7 Å². The van der Waals surface area contributed by atoms with Crippen LogP contribution in [0.5, 0.6) is 0 Å². The molecule has 0 saturated carbocycles. The molecule has 0 aliphatic carbocycles. The van der Waals surface area contributed by atoms with Crippen LogP contribution in [0.25, 0.3) is 0 Å². The van der Waals surface area contributed by atoms with Crippen molar-refractivity contribution in [2.24, 2.45) is 0 Å². The van der Waals surface area contributed by atoms with Crippen molar-refractivity contribution in [2.75, 3.05) is 6.61 Å². The molecular formula is C17H33O8P. The molecule has 0 spiro atoms. The smallest absolute Gasteiger partial charge is 0.382 e. The van der Waals surface area contributed by atoms with Crippen LogP contribution >= 0.6 is 7.82 Å². The van der Waals surface area contributed by atoms with E-state index >= 15 is 0 Å². The van der Waals surface area contributed by atoms with Gasteiger partial charge in [0.1, 0.15) is 0 Å². The molecule has 0 saturated heterocycles. The van der Waals surface area contributed by atoms with Gasteiger partial charge in [0, 0.05) is 6.42 Å². The molecular weight excluding hydrogens is 363 g/mol. The lowest BCUT2D eigenvalue weighted by atomic mass is 9.88. The number of hydrogen-bond acceptors (Lipinski definition) is 6. The van der Waals surface area contributed by atoms with Crippen molar-refractivity contribution in [1.29, 1.82) is 0 Å². The molecule has 8 nitrogen and oxygen atoms in total. The molecule has 0 rings (SSSR count). The molecule has 0 bridgehead atoms. The topological polar surface area (TPSA) is 141 Å². The van der Waals surface area contributed by atoms with Crippen molar-refractivity contribution in [3.05, 3.63) is 0 Å². The summed E-state index contributed by atoms with van der Waals surface area (Å²) in [6.07, 6.45) is 7.29. The van der Waals surface area contributed by atoms with Crippen molar-refractivity contribution in [3.8, 4) is 0 Å². The van der Waals surface area contributed by atoms with Gasteiger partial charge in [-0.1, -0.05) is 58.3 Å². The number of phosphoric acid groups is 1. The van der Waals surface area contributed by atoms with E-state index in [-0.39, 0.29) is 6.42 Å². The van der Waals surface area contributed by atoms with Gasteiger partial charge in [-0.15, -0.1) is 0 Å². The first-order valence-corrected chi connectivity index (χ1v) is 10.7. The number of aliphatic hydroxyl groups excluding tert-OH is 1. The lowest BCUT2D eigenvalue weighted by molar-refractivity contribution is -0.163. The Hall–Kier alpha value is -0.630. The lowest BCUT2D eigenvalue weighted by Gasteiger charge is -2.29. The van der Waals surface area contributed by atoms with E-state index in [0.29, 0.717) is 6.42 Å². The lowest BCUT2D eigenvalue weighted by Crippen LogP contribution is -2.55. The van der Waals surface area contributed by atoms with Crippen molar-refractivity contribution in [1.82, 2.24) is 0 Å². The molecule has 4 N–H and O–H groups in total. The number of phosphoric ester groups is 1.